The molecule has 1 fully saturated rings. The van der Waals surface area contributed by atoms with E-state index in [-0.39, 0.29) is 5.91 Å². The second-order valence-corrected chi connectivity index (χ2v) is 7.08. The summed E-state index contributed by atoms with van der Waals surface area (Å²) >= 11 is 0. The monoisotopic (exact) mass is 387 g/mol. The number of hydrogen-bond acceptors (Lipinski definition) is 6. The van der Waals surface area contributed by atoms with Crippen molar-refractivity contribution in [3.8, 4) is 11.4 Å². The van der Waals surface area contributed by atoms with E-state index in [4.69, 9.17) is 9.47 Å². The standard InChI is InChI=1S/C20H29N5O3/c1-15-19(20(26)24-10-4-5-16(14-24)13-21-2)23-25(22-15)17-6-8-18(9-7-17)28-12-11-27-3/h6-9,16,21H,4-5,10-14H2,1-3H3/t16-/m1/s1. The van der Waals surface area contributed by atoms with Crippen LogP contribution in [0.25, 0.3) is 5.69 Å². The van der Waals surface area contributed by atoms with E-state index in [1.165, 1.54) is 4.80 Å². The molecular weight excluding hydrogens is 358 g/mol. The molecule has 1 atom stereocenters. The second-order valence-electron chi connectivity index (χ2n) is 7.08. The topological polar surface area (TPSA) is 81.5 Å². The van der Waals surface area contributed by atoms with Crippen LogP contribution in [0.2, 0.25) is 0 Å². The molecule has 8 nitrogen and oxygen atoms in total. The number of rotatable bonds is 8. The van der Waals surface area contributed by atoms with Crippen LogP contribution in [0.3, 0.4) is 0 Å². The van der Waals surface area contributed by atoms with Crippen LogP contribution in [0, 0.1) is 12.8 Å². The molecule has 1 amide bonds. The summed E-state index contributed by atoms with van der Waals surface area (Å²) in [5, 5.41) is 12.1. The maximum atomic E-state index is 13.0. The Kier molecular flexibility index (Phi) is 7.00. The van der Waals surface area contributed by atoms with Gasteiger partial charge in [0.1, 0.15) is 12.4 Å². The molecule has 1 aromatic carbocycles. The Bertz CT molecular complexity index is 773. The Hall–Kier alpha value is -2.45. The lowest BCUT2D eigenvalue weighted by molar-refractivity contribution is 0.0667. The van der Waals surface area contributed by atoms with Crippen LogP contribution in [0.5, 0.6) is 5.75 Å². The van der Waals surface area contributed by atoms with E-state index in [2.05, 4.69) is 15.5 Å². The summed E-state index contributed by atoms with van der Waals surface area (Å²) in [5.74, 6) is 1.21. The first-order valence-electron chi connectivity index (χ1n) is 9.72. The average Bonchev–Trinajstić information content (AvgIpc) is 3.10. The average molecular weight is 387 g/mol. The van der Waals surface area contributed by atoms with Gasteiger partial charge < -0.3 is 19.7 Å². The molecule has 0 spiro atoms. The van der Waals surface area contributed by atoms with E-state index in [0.717, 1.165) is 43.9 Å². The molecule has 1 aromatic heterocycles. The number of methoxy groups -OCH3 is 1. The molecule has 3 rings (SSSR count). The molecule has 0 bridgehead atoms. The molecule has 0 aliphatic carbocycles. The number of carbonyl (C=O) groups excluding carboxylic acids is 1. The lowest BCUT2D eigenvalue weighted by atomic mass is 9.98. The third-order valence-electron chi connectivity index (χ3n) is 4.91. The number of nitrogens with zero attached hydrogens (tertiary/aromatic N) is 4. The van der Waals surface area contributed by atoms with Gasteiger partial charge in [-0.05, 0) is 63.5 Å². The first-order valence-corrected chi connectivity index (χ1v) is 9.72. The summed E-state index contributed by atoms with van der Waals surface area (Å²) in [5.41, 5.74) is 1.85. The van der Waals surface area contributed by atoms with Gasteiger partial charge in [0.25, 0.3) is 5.91 Å². The van der Waals surface area contributed by atoms with E-state index in [9.17, 15) is 4.79 Å². The molecule has 2 aromatic rings. The molecular formula is C20H29N5O3. The first-order chi connectivity index (χ1) is 13.6. The van der Waals surface area contributed by atoms with Gasteiger partial charge in [0.05, 0.1) is 18.0 Å². The molecule has 28 heavy (non-hydrogen) atoms. The van der Waals surface area contributed by atoms with Crippen LogP contribution in [-0.2, 0) is 4.74 Å². The predicted octanol–water partition coefficient (Wildman–Crippen LogP) is 1.67. The fourth-order valence-corrected chi connectivity index (χ4v) is 3.47. The van der Waals surface area contributed by atoms with Crippen LogP contribution in [0.4, 0.5) is 0 Å². The van der Waals surface area contributed by atoms with Crippen molar-refractivity contribution in [2.75, 3.05) is 47.0 Å². The highest BCUT2D eigenvalue weighted by Crippen LogP contribution is 2.20. The Morgan fingerprint density at radius 3 is 2.75 bits per heavy atom. The summed E-state index contributed by atoms with van der Waals surface area (Å²) in [6.07, 6.45) is 2.17. The van der Waals surface area contributed by atoms with E-state index in [1.54, 1.807) is 7.11 Å². The van der Waals surface area contributed by atoms with Crippen LogP contribution in [-0.4, -0.2) is 72.8 Å². The van der Waals surface area contributed by atoms with E-state index in [0.29, 0.717) is 30.5 Å². The van der Waals surface area contributed by atoms with Gasteiger partial charge >= 0.3 is 0 Å². The normalized spacial score (nSPS) is 17.0. The maximum absolute atomic E-state index is 13.0. The van der Waals surface area contributed by atoms with E-state index < -0.39 is 0 Å². The summed E-state index contributed by atoms with van der Waals surface area (Å²) in [4.78, 5) is 16.4. The first kappa shape index (κ1) is 20.3. The van der Waals surface area contributed by atoms with Crippen molar-refractivity contribution in [2.45, 2.75) is 19.8 Å². The maximum Gasteiger partial charge on any atom is 0.276 e. The third-order valence-corrected chi connectivity index (χ3v) is 4.91. The number of ether oxygens (including phenoxy) is 2. The number of likely N-dealkylation sites (tertiary alicyclic amines) is 1. The van der Waals surface area contributed by atoms with Crippen molar-refractivity contribution >= 4 is 5.91 Å². The highest BCUT2D eigenvalue weighted by molar-refractivity contribution is 5.93. The fourth-order valence-electron chi connectivity index (χ4n) is 3.47. The summed E-state index contributed by atoms with van der Waals surface area (Å²) < 4.78 is 10.5. The molecule has 0 unspecified atom stereocenters. The van der Waals surface area contributed by atoms with Crippen LogP contribution in [0.1, 0.15) is 29.0 Å². The van der Waals surface area contributed by atoms with Crippen molar-refractivity contribution in [3.63, 3.8) is 0 Å². The van der Waals surface area contributed by atoms with Gasteiger partial charge in [-0.3, -0.25) is 4.79 Å². The molecule has 152 valence electrons. The molecule has 1 saturated heterocycles. The van der Waals surface area contributed by atoms with Crippen LogP contribution in [0.15, 0.2) is 24.3 Å². The Balaban J connectivity index is 1.69. The Morgan fingerprint density at radius 2 is 2.04 bits per heavy atom. The highest BCUT2D eigenvalue weighted by atomic mass is 16.5. The van der Waals surface area contributed by atoms with Gasteiger partial charge in [-0.15, -0.1) is 5.10 Å². The SMILES string of the molecule is CNC[C@H]1CCCN(C(=O)c2nn(-c3ccc(OCCOC)cc3)nc2C)C1. The van der Waals surface area contributed by atoms with Gasteiger partial charge in [0.15, 0.2) is 5.69 Å². The zero-order chi connectivity index (χ0) is 19.9. The van der Waals surface area contributed by atoms with Gasteiger partial charge in [-0.2, -0.15) is 9.90 Å². The molecule has 2 heterocycles. The van der Waals surface area contributed by atoms with Crippen LogP contribution >= 0.6 is 0 Å². The number of hydrogen-bond donors (Lipinski definition) is 1. The zero-order valence-electron chi connectivity index (χ0n) is 16.9. The molecule has 0 saturated carbocycles. The Morgan fingerprint density at radius 1 is 1.25 bits per heavy atom. The minimum absolute atomic E-state index is 0.0379. The van der Waals surface area contributed by atoms with Crippen LogP contribution < -0.4 is 10.1 Å². The number of nitrogens with one attached hydrogen (secondary N) is 1. The van der Waals surface area contributed by atoms with Gasteiger partial charge in [-0.1, -0.05) is 0 Å². The smallest absolute Gasteiger partial charge is 0.276 e. The van der Waals surface area contributed by atoms with Gasteiger partial charge in [0, 0.05) is 20.2 Å². The molecule has 1 aliphatic rings. The van der Waals surface area contributed by atoms with E-state index in [1.807, 2.05) is 43.1 Å². The molecule has 1 aliphatic heterocycles. The number of carbonyl (C=O) groups is 1. The number of benzene rings is 1. The largest absolute Gasteiger partial charge is 0.491 e. The van der Waals surface area contributed by atoms with Crippen molar-refractivity contribution in [3.05, 3.63) is 35.7 Å². The summed E-state index contributed by atoms with van der Waals surface area (Å²) in [6.45, 7) is 5.33. The van der Waals surface area contributed by atoms with Crippen molar-refractivity contribution in [1.29, 1.82) is 0 Å². The van der Waals surface area contributed by atoms with Crippen molar-refractivity contribution < 1.29 is 14.3 Å². The van der Waals surface area contributed by atoms with E-state index >= 15 is 0 Å². The zero-order valence-corrected chi connectivity index (χ0v) is 16.9. The highest BCUT2D eigenvalue weighted by Gasteiger charge is 2.27. The molecule has 0 radical (unpaired) electrons. The van der Waals surface area contributed by atoms with Gasteiger partial charge in [-0.25, -0.2) is 0 Å². The molecule has 1 N–H and O–H groups in total. The summed E-state index contributed by atoms with van der Waals surface area (Å²) in [7, 11) is 3.59. The fraction of sp³-hybridized carbons (Fsp3) is 0.550. The lowest BCUT2D eigenvalue weighted by Crippen LogP contribution is -2.42. The minimum atomic E-state index is -0.0379. The van der Waals surface area contributed by atoms with Gasteiger partial charge in [0.2, 0.25) is 0 Å². The molecule has 8 heteroatoms. The minimum Gasteiger partial charge on any atom is -0.491 e. The number of amides is 1. The quantitative estimate of drug-likeness (QED) is 0.694. The van der Waals surface area contributed by atoms with Crippen molar-refractivity contribution in [2.24, 2.45) is 5.92 Å². The summed E-state index contributed by atoms with van der Waals surface area (Å²) in [6, 6.07) is 7.47. The predicted molar refractivity (Wildman–Crippen MR) is 106 cm³/mol. The third kappa shape index (κ3) is 4.88. The van der Waals surface area contributed by atoms with Crippen molar-refractivity contribution in [1.82, 2.24) is 25.2 Å². The second kappa shape index (κ2) is 9.66. The Labute approximate surface area is 165 Å². The number of aromatic nitrogens is 3. The number of aryl methyl sites for hydroxylation is 1. The number of piperidine rings is 1. The lowest BCUT2D eigenvalue weighted by Gasteiger charge is -2.32.